The van der Waals surface area contributed by atoms with Gasteiger partial charge in [0, 0.05) is 13.0 Å². The average molecular weight is 211 g/mol. The summed E-state index contributed by atoms with van der Waals surface area (Å²) in [6.07, 6.45) is 2.25. The lowest BCUT2D eigenvalue weighted by molar-refractivity contribution is -0.121. The number of amides is 2. The van der Waals surface area contributed by atoms with Crippen LogP contribution in [-0.2, 0) is 4.79 Å². The first-order valence-corrected chi connectivity index (χ1v) is 4.55. The molecule has 4 N–H and O–H groups in total. The predicted octanol–water partition coefficient (Wildman–Crippen LogP) is -0.221. The molecule has 0 saturated carbocycles. The second-order valence-corrected chi connectivity index (χ2v) is 2.90. The lowest BCUT2D eigenvalue weighted by Gasteiger charge is -2.02. The van der Waals surface area contributed by atoms with Crippen LogP contribution in [0.3, 0.4) is 0 Å². The topological polar surface area (TPSA) is 97.4 Å². The Kier molecular flexibility index (Phi) is 4.36. The van der Waals surface area contributed by atoms with Crippen molar-refractivity contribution in [3.63, 3.8) is 0 Å². The Morgan fingerprint density at radius 3 is 2.87 bits per heavy atom. The number of furan rings is 1. The van der Waals surface area contributed by atoms with Gasteiger partial charge < -0.3 is 9.73 Å². The van der Waals surface area contributed by atoms with E-state index in [2.05, 4.69) is 5.32 Å². The zero-order chi connectivity index (χ0) is 11.1. The zero-order valence-corrected chi connectivity index (χ0v) is 8.16. The highest BCUT2D eigenvalue weighted by atomic mass is 16.3. The van der Waals surface area contributed by atoms with Crippen molar-refractivity contribution in [1.29, 1.82) is 0 Å². The molecule has 0 atom stereocenters. The largest absolute Gasteiger partial charge is 0.459 e. The Morgan fingerprint density at radius 2 is 2.27 bits per heavy atom. The third kappa shape index (κ3) is 3.82. The highest BCUT2D eigenvalue weighted by Crippen LogP contribution is 1.99. The number of nitrogens with one attached hydrogen (secondary N) is 2. The van der Waals surface area contributed by atoms with Crippen LogP contribution in [0.15, 0.2) is 22.8 Å². The van der Waals surface area contributed by atoms with Crippen LogP contribution in [0.25, 0.3) is 0 Å². The second kappa shape index (κ2) is 5.82. The summed E-state index contributed by atoms with van der Waals surface area (Å²) in [4.78, 5) is 22.0. The molecule has 0 saturated heterocycles. The summed E-state index contributed by atoms with van der Waals surface area (Å²) in [7, 11) is 0. The van der Waals surface area contributed by atoms with Crippen LogP contribution in [0, 0.1) is 0 Å². The predicted molar refractivity (Wildman–Crippen MR) is 52.6 cm³/mol. The molecule has 0 aliphatic rings. The molecule has 0 aliphatic heterocycles. The van der Waals surface area contributed by atoms with Gasteiger partial charge in [0.2, 0.25) is 5.91 Å². The van der Waals surface area contributed by atoms with Gasteiger partial charge in [-0.3, -0.25) is 15.0 Å². The number of hydrazine groups is 1. The van der Waals surface area contributed by atoms with Gasteiger partial charge in [-0.2, -0.15) is 0 Å². The Balaban J connectivity index is 2.16. The molecule has 0 fully saturated rings. The molecular formula is C9H13N3O3. The molecule has 6 nitrogen and oxygen atoms in total. The van der Waals surface area contributed by atoms with Gasteiger partial charge in [0.05, 0.1) is 6.26 Å². The minimum atomic E-state index is -0.284. The third-order valence-electron chi connectivity index (χ3n) is 1.77. The molecular weight excluding hydrogens is 198 g/mol. The van der Waals surface area contributed by atoms with Crippen LogP contribution in [0.5, 0.6) is 0 Å². The maximum Gasteiger partial charge on any atom is 0.286 e. The fourth-order valence-electron chi connectivity index (χ4n) is 1.02. The van der Waals surface area contributed by atoms with Gasteiger partial charge in [0.1, 0.15) is 0 Å². The Morgan fingerprint density at radius 1 is 1.47 bits per heavy atom. The lowest BCUT2D eigenvalue weighted by Crippen LogP contribution is -2.31. The van der Waals surface area contributed by atoms with Gasteiger partial charge in [-0.15, -0.1) is 0 Å². The van der Waals surface area contributed by atoms with Crippen molar-refractivity contribution in [1.82, 2.24) is 10.7 Å². The normalized spacial score (nSPS) is 9.67. The van der Waals surface area contributed by atoms with Crippen LogP contribution in [0.2, 0.25) is 0 Å². The standard InChI is InChI=1S/C9H13N3O3/c10-12-8(13)4-1-5-11-9(14)7-3-2-6-15-7/h2-3,6H,1,4-5,10H2,(H,11,14)(H,12,13). The van der Waals surface area contributed by atoms with E-state index in [0.29, 0.717) is 13.0 Å². The molecule has 0 spiro atoms. The number of rotatable bonds is 5. The van der Waals surface area contributed by atoms with Crippen molar-refractivity contribution in [3.05, 3.63) is 24.2 Å². The number of hydrogen-bond acceptors (Lipinski definition) is 4. The molecule has 0 bridgehead atoms. The minimum absolute atomic E-state index is 0.248. The molecule has 0 radical (unpaired) electrons. The molecule has 1 aromatic heterocycles. The van der Waals surface area contributed by atoms with E-state index in [9.17, 15) is 9.59 Å². The SMILES string of the molecule is NNC(=O)CCCNC(=O)c1ccco1. The van der Waals surface area contributed by atoms with Gasteiger partial charge in [-0.05, 0) is 18.6 Å². The number of carbonyl (C=O) groups is 2. The van der Waals surface area contributed by atoms with Gasteiger partial charge >= 0.3 is 0 Å². The molecule has 0 aromatic carbocycles. The van der Waals surface area contributed by atoms with Crippen LogP contribution in [-0.4, -0.2) is 18.4 Å². The summed E-state index contributed by atoms with van der Waals surface area (Å²) in [5.41, 5.74) is 2.01. The Bertz CT molecular complexity index is 321. The van der Waals surface area contributed by atoms with E-state index in [0.717, 1.165) is 0 Å². The van der Waals surface area contributed by atoms with Crippen LogP contribution < -0.4 is 16.6 Å². The van der Waals surface area contributed by atoms with Crippen molar-refractivity contribution < 1.29 is 14.0 Å². The van der Waals surface area contributed by atoms with E-state index in [1.807, 2.05) is 5.43 Å². The summed E-state index contributed by atoms with van der Waals surface area (Å²) in [5.74, 6) is 4.62. The Hall–Kier alpha value is -1.82. The van der Waals surface area contributed by atoms with Gasteiger partial charge in [0.15, 0.2) is 5.76 Å². The summed E-state index contributed by atoms with van der Waals surface area (Å²) in [5, 5.41) is 2.61. The molecule has 0 aliphatic carbocycles. The molecule has 1 rings (SSSR count). The van der Waals surface area contributed by atoms with Gasteiger partial charge in [0.25, 0.3) is 5.91 Å². The van der Waals surface area contributed by atoms with E-state index in [4.69, 9.17) is 10.3 Å². The summed E-state index contributed by atoms with van der Waals surface area (Å²) in [6.45, 7) is 0.410. The molecule has 1 aromatic rings. The van der Waals surface area contributed by atoms with Gasteiger partial charge in [-0.1, -0.05) is 0 Å². The van der Waals surface area contributed by atoms with Crippen LogP contribution >= 0.6 is 0 Å². The van der Waals surface area contributed by atoms with Crippen molar-refractivity contribution in [2.45, 2.75) is 12.8 Å². The molecule has 2 amide bonds. The smallest absolute Gasteiger partial charge is 0.286 e. The first-order chi connectivity index (χ1) is 7.24. The van der Waals surface area contributed by atoms with Crippen LogP contribution in [0.1, 0.15) is 23.4 Å². The minimum Gasteiger partial charge on any atom is -0.459 e. The number of nitrogens with two attached hydrogens (primary N) is 1. The monoisotopic (exact) mass is 211 g/mol. The van der Waals surface area contributed by atoms with E-state index < -0.39 is 0 Å². The molecule has 1 heterocycles. The molecule has 15 heavy (non-hydrogen) atoms. The van der Waals surface area contributed by atoms with Crippen LogP contribution in [0.4, 0.5) is 0 Å². The van der Waals surface area contributed by atoms with Gasteiger partial charge in [-0.25, -0.2) is 5.84 Å². The van der Waals surface area contributed by atoms with Crippen molar-refractivity contribution in [2.24, 2.45) is 5.84 Å². The highest BCUT2D eigenvalue weighted by molar-refractivity contribution is 5.91. The average Bonchev–Trinajstić information content (AvgIpc) is 2.77. The first kappa shape index (κ1) is 11.3. The second-order valence-electron chi connectivity index (χ2n) is 2.90. The quantitative estimate of drug-likeness (QED) is 0.271. The molecule has 82 valence electrons. The van der Waals surface area contributed by atoms with Crippen molar-refractivity contribution in [2.75, 3.05) is 6.54 Å². The van der Waals surface area contributed by atoms with Crippen molar-refractivity contribution >= 4 is 11.8 Å². The highest BCUT2D eigenvalue weighted by Gasteiger charge is 2.07. The summed E-state index contributed by atoms with van der Waals surface area (Å²) >= 11 is 0. The molecule has 6 heteroatoms. The fraction of sp³-hybridized carbons (Fsp3) is 0.333. The molecule has 0 unspecified atom stereocenters. The maximum atomic E-state index is 11.3. The van der Waals surface area contributed by atoms with Crippen molar-refractivity contribution in [3.8, 4) is 0 Å². The summed E-state index contributed by atoms with van der Waals surface area (Å²) in [6, 6.07) is 3.21. The van der Waals surface area contributed by atoms with E-state index in [-0.39, 0.29) is 24.0 Å². The van der Waals surface area contributed by atoms with E-state index in [1.54, 1.807) is 12.1 Å². The maximum absolute atomic E-state index is 11.3. The Labute approximate surface area is 86.8 Å². The lowest BCUT2D eigenvalue weighted by atomic mass is 10.3. The third-order valence-corrected chi connectivity index (χ3v) is 1.77. The zero-order valence-electron chi connectivity index (χ0n) is 8.16. The fourth-order valence-corrected chi connectivity index (χ4v) is 1.02. The first-order valence-electron chi connectivity index (χ1n) is 4.55. The summed E-state index contributed by atoms with van der Waals surface area (Å²) < 4.78 is 4.88. The number of carbonyl (C=O) groups excluding carboxylic acids is 2. The van der Waals surface area contributed by atoms with E-state index >= 15 is 0 Å². The van der Waals surface area contributed by atoms with E-state index in [1.165, 1.54) is 6.26 Å². The number of hydrogen-bond donors (Lipinski definition) is 3.